The van der Waals surface area contributed by atoms with Crippen molar-refractivity contribution in [1.82, 2.24) is 9.55 Å². The third-order valence-electron chi connectivity index (χ3n) is 6.95. The molecular formula is C30H31N3O6. The van der Waals surface area contributed by atoms with Crippen LogP contribution in [0.1, 0.15) is 29.3 Å². The van der Waals surface area contributed by atoms with Crippen molar-refractivity contribution in [2.45, 2.75) is 30.5 Å². The average molecular weight is 530 g/mol. The van der Waals surface area contributed by atoms with Crippen LogP contribution >= 0.6 is 0 Å². The maximum absolute atomic E-state index is 12.4. The summed E-state index contributed by atoms with van der Waals surface area (Å²) >= 11 is 0. The van der Waals surface area contributed by atoms with E-state index in [1.807, 2.05) is 78.9 Å². The number of hydrogen-bond acceptors (Lipinski definition) is 8. The van der Waals surface area contributed by atoms with E-state index in [2.05, 4.69) is 4.98 Å². The van der Waals surface area contributed by atoms with Crippen LogP contribution in [0.15, 0.2) is 95.9 Å². The first kappa shape index (κ1) is 26.4. The molecule has 1 saturated heterocycles. The number of nitrogen functional groups attached to an aromatic ring is 1. The average Bonchev–Trinajstić information content (AvgIpc) is 3.34. The topological polar surface area (TPSA) is 118 Å². The molecule has 1 aromatic heterocycles. The fraction of sp³-hybridized carbons (Fsp3) is 0.267. The highest BCUT2D eigenvalue weighted by Gasteiger charge is 2.41. The van der Waals surface area contributed by atoms with E-state index in [9.17, 15) is 9.90 Å². The minimum absolute atomic E-state index is 0.107. The van der Waals surface area contributed by atoms with E-state index >= 15 is 0 Å². The Bertz CT molecular complexity index is 1390. The number of hydrogen-bond donors (Lipinski definition) is 2. The number of benzene rings is 3. The Morgan fingerprint density at radius 1 is 0.923 bits per heavy atom. The third-order valence-corrected chi connectivity index (χ3v) is 6.95. The highest BCUT2D eigenvalue weighted by molar-refractivity contribution is 5.49. The SMILES string of the molecule is COc1ccc(C(OC[C@@H]2C[C@@H](O)[C@H](n3ccc(N)nc3=O)O2)(c2ccccc2)c2ccc(OC)cc2)cc1. The van der Waals surface area contributed by atoms with Gasteiger partial charge in [-0.2, -0.15) is 4.98 Å². The lowest BCUT2D eigenvalue weighted by molar-refractivity contribution is -0.0875. The Labute approximate surface area is 226 Å². The van der Waals surface area contributed by atoms with Crippen LogP contribution in [0, 0.1) is 0 Å². The van der Waals surface area contributed by atoms with Gasteiger partial charge in [0.25, 0.3) is 0 Å². The van der Waals surface area contributed by atoms with Gasteiger partial charge >= 0.3 is 5.69 Å². The molecule has 1 aliphatic heterocycles. The number of aliphatic hydroxyl groups excluding tert-OH is 1. The second-order valence-electron chi connectivity index (χ2n) is 9.31. The molecule has 202 valence electrons. The molecule has 3 atom stereocenters. The van der Waals surface area contributed by atoms with Gasteiger partial charge in [-0.3, -0.25) is 4.57 Å². The molecule has 9 heteroatoms. The van der Waals surface area contributed by atoms with Gasteiger partial charge < -0.3 is 29.8 Å². The van der Waals surface area contributed by atoms with Gasteiger partial charge in [0.1, 0.15) is 29.0 Å². The second-order valence-corrected chi connectivity index (χ2v) is 9.31. The molecule has 1 aliphatic rings. The van der Waals surface area contributed by atoms with Crippen LogP contribution in [0.2, 0.25) is 0 Å². The summed E-state index contributed by atoms with van der Waals surface area (Å²) in [7, 11) is 3.25. The third kappa shape index (κ3) is 5.24. The Balaban J connectivity index is 1.53. The van der Waals surface area contributed by atoms with Crippen molar-refractivity contribution in [2.75, 3.05) is 26.6 Å². The predicted molar refractivity (Wildman–Crippen MR) is 146 cm³/mol. The minimum Gasteiger partial charge on any atom is -0.497 e. The van der Waals surface area contributed by atoms with Crippen molar-refractivity contribution in [3.8, 4) is 11.5 Å². The summed E-state index contributed by atoms with van der Waals surface area (Å²) in [6.45, 7) is 0.137. The standard InChI is InChI=1S/C30H31N3O6/c1-36-23-12-8-21(9-13-23)30(20-6-4-3-5-7-20,22-10-14-24(37-2)15-11-22)38-19-25-18-26(34)28(39-25)33-17-16-27(31)32-29(33)35/h3-17,25-26,28,34H,18-19H2,1-2H3,(H2,31,32,35)/t25-,26+,28+/m0/s1. The van der Waals surface area contributed by atoms with E-state index in [1.54, 1.807) is 14.2 Å². The highest BCUT2D eigenvalue weighted by Crippen LogP contribution is 2.42. The Hall–Kier alpha value is -4.18. The molecule has 1 fully saturated rings. The van der Waals surface area contributed by atoms with Crippen LogP contribution in [-0.4, -0.2) is 47.7 Å². The molecule has 0 bridgehead atoms. The Morgan fingerprint density at radius 3 is 2.03 bits per heavy atom. The highest BCUT2D eigenvalue weighted by atomic mass is 16.6. The zero-order valence-corrected chi connectivity index (χ0v) is 21.8. The molecular weight excluding hydrogens is 498 g/mol. The smallest absolute Gasteiger partial charge is 0.351 e. The summed E-state index contributed by atoms with van der Waals surface area (Å²) in [5.41, 5.74) is 6.69. The van der Waals surface area contributed by atoms with Crippen molar-refractivity contribution in [3.05, 3.63) is 118 Å². The summed E-state index contributed by atoms with van der Waals surface area (Å²) < 4.78 is 25.0. The molecule has 0 radical (unpaired) electrons. The fourth-order valence-electron chi connectivity index (χ4n) is 5.00. The number of aromatic nitrogens is 2. The largest absolute Gasteiger partial charge is 0.497 e. The molecule has 3 N–H and O–H groups in total. The van der Waals surface area contributed by atoms with Crippen LogP contribution in [-0.2, 0) is 15.1 Å². The molecule has 0 aliphatic carbocycles. The van der Waals surface area contributed by atoms with Gasteiger partial charge in [0.2, 0.25) is 0 Å². The van der Waals surface area contributed by atoms with Gasteiger partial charge in [0, 0.05) is 12.6 Å². The first-order valence-electron chi connectivity index (χ1n) is 12.6. The lowest BCUT2D eigenvalue weighted by Gasteiger charge is -2.37. The van der Waals surface area contributed by atoms with E-state index in [1.165, 1.54) is 16.8 Å². The van der Waals surface area contributed by atoms with Crippen molar-refractivity contribution in [2.24, 2.45) is 0 Å². The van der Waals surface area contributed by atoms with E-state index in [0.29, 0.717) is 0 Å². The molecule has 0 unspecified atom stereocenters. The van der Waals surface area contributed by atoms with Crippen molar-refractivity contribution < 1.29 is 24.1 Å². The number of methoxy groups -OCH3 is 2. The van der Waals surface area contributed by atoms with Crippen LogP contribution in [0.4, 0.5) is 5.82 Å². The predicted octanol–water partition coefficient (Wildman–Crippen LogP) is 3.50. The van der Waals surface area contributed by atoms with E-state index < -0.39 is 29.7 Å². The summed E-state index contributed by atoms with van der Waals surface area (Å²) in [5, 5.41) is 10.8. The van der Waals surface area contributed by atoms with Crippen LogP contribution in [0.3, 0.4) is 0 Å². The molecule has 39 heavy (non-hydrogen) atoms. The molecule has 5 rings (SSSR count). The van der Waals surface area contributed by atoms with Crippen LogP contribution in [0.5, 0.6) is 11.5 Å². The van der Waals surface area contributed by atoms with E-state index in [-0.39, 0.29) is 18.8 Å². The lowest BCUT2D eigenvalue weighted by Crippen LogP contribution is -2.36. The normalized spacial score (nSPS) is 19.1. The molecule has 2 heterocycles. The van der Waals surface area contributed by atoms with Gasteiger partial charge in [-0.15, -0.1) is 0 Å². The first-order chi connectivity index (χ1) is 18.9. The molecule has 0 saturated carbocycles. The van der Waals surface area contributed by atoms with Crippen molar-refractivity contribution in [1.29, 1.82) is 0 Å². The number of rotatable bonds is 9. The summed E-state index contributed by atoms with van der Waals surface area (Å²) in [6.07, 6.45) is -0.557. The summed E-state index contributed by atoms with van der Waals surface area (Å²) in [5.74, 6) is 1.56. The lowest BCUT2D eigenvalue weighted by atomic mass is 9.80. The number of nitrogens with two attached hydrogens (primary N) is 1. The second kappa shape index (κ2) is 11.3. The van der Waals surface area contributed by atoms with Gasteiger partial charge in [-0.1, -0.05) is 54.6 Å². The zero-order chi connectivity index (χ0) is 27.4. The van der Waals surface area contributed by atoms with Gasteiger partial charge in [0.15, 0.2) is 6.23 Å². The summed E-state index contributed by atoms with van der Waals surface area (Å²) in [6, 6.07) is 26.9. The van der Waals surface area contributed by atoms with Crippen LogP contribution < -0.4 is 20.9 Å². The molecule has 3 aromatic carbocycles. The van der Waals surface area contributed by atoms with Crippen LogP contribution in [0.25, 0.3) is 0 Å². The number of anilines is 1. The van der Waals surface area contributed by atoms with E-state index in [4.69, 9.17) is 24.7 Å². The maximum Gasteiger partial charge on any atom is 0.351 e. The fourth-order valence-corrected chi connectivity index (χ4v) is 5.00. The monoisotopic (exact) mass is 529 g/mol. The van der Waals surface area contributed by atoms with Crippen molar-refractivity contribution in [3.63, 3.8) is 0 Å². The number of nitrogens with zero attached hydrogens (tertiary/aromatic N) is 2. The number of aliphatic hydroxyl groups is 1. The molecule has 9 nitrogen and oxygen atoms in total. The Kier molecular flexibility index (Phi) is 7.65. The van der Waals surface area contributed by atoms with Gasteiger partial charge in [0.05, 0.1) is 26.9 Å². The van der Waals surface area contributed by atoms with Gasteiger partial charge in [-0.25, -0.2) is 4.79 Å². The van der Waals surface area contributed by atoms with E-state index in [0.717, 1.165) is 28.2 Å². The molecule has 0 spiro atoms. The van der Waals surface area contributed by atoms with Crippen molar-refractivity contribution >= 4 is 5.82 Å². The first-order valence-corrected chi connectivity index (χ1v) is 12.6. The maximum atomic E-state index is 12.4. The Morgan fingerprint density at radius 2 is 1.49 bits per heavy atom. The summed E-state index contributed by atoms with van der Waals surface area (Å²) in [4.78, 5) is 16.1. The molecule has 4 aromatic rings. The van der Waals surface area contributed by atoms with Gasteiger partial charge in [-0.05, 0) is 47.0 Å². The molecule has 0 amide bonds. The quantitative estimate of drug-likeness (QED) is 0.317. The number of ether oxygens (including phenoxy) is 4. The zero-order valence-electron chi connectivity index (χ0n) is 21.8. The minimum atomic E-state index is -1.02.